The van der Waals surface area contributed by atoms with E-state index in [1.807, 2.05) is 49.6 Å². The number of fused-ring (bicyclic) bond motifs is 1. The molecule has 2 N–H and O–H groups in total. The third-order valence-electron chi connectivity index (χ3n) is 4.82. The molecule has 0 radical (unpaired) electrons. The van der Waals surface area contributed by atoms with Gasteiger partial charge < -0.3 is 4.74 Å². The number of anilines is 1. The Morgan fingerprint density at radius 1 is 1.12 bits per heavy atom. The Labute approximate surface area is 188 Å². The van der Waals surface area contributed by atoms with E-state index in [0.29, 0.717) is 29.7 Å². The molecule has 2 aromatic carbocycles. The van der Waals surface area contributed by atoms with Crippen LogP contribution < -0.4 is 21.1 Å². The summed E-state index contributed by atoms with van der Waals surface area (Å²) in [4.78, 5) is 34.0. The zero-order valence-electron chi connectivity index (χ0n) is 17.8. The minimum absolute atomic E-state index is 0.0952. The molecule has 4 rings (SSSR count). The van der Waals surface area contributed by atoms with Crippen LogP contribution in [-0.4, -0.2) is 20.4 Å². The second kappa shape index (κ2) is 9.61. The molecule has 0 aliphatic heterocycles. The lowest BCUT2D eigenvalue weighted by Crippen LogP contribution is -2.35. The van der Waals surface area contributed by atoms with Crippen LogP contribution in [0.1, 0.15) is 23.2 Å². The number of aryl methyl sites for hydroxylation is 1. The number of thiazole rings is 1. The van der Waals surface area contributed by atoms with E-state index in [0.717, 1.165) is 10.8 Å². The van der Waals surface area contributed by atoms with Crippen LogP contribution in [0.25, 0.3) is 10.9 Å². The summed E-state index contributed by atoms with van der Waals surface area (Å²) in [5.74, 6) is 0.778. The summed E-state index contributed by atoms with van der Waals surface area (Å²) in [5, 5.41) is 3.16. The number of carbonyl (C=O) groups excluding carboxylic acids is 1. The van der Waals surface area contributed by atoms with Gasteiger partial charge in [0.1, 0.15) is 17.4 Å². The van der Waals surface area contributed by atoms with Crippen molar-refractivity contribution >= 4 is 34.1 Å². The van der Waals surface area contributed by atoms with Crippen LogP contribution in [0.3, 0.4) is 0 Å². The molecule has 0 saturated carbocycles. The molecule has 0 bridgehead atoms. The number of ether oxygens (including phenoxy) is 1. The average molecular weight is 450 g/mol. The monoisotopic (exact) mass is 449 g/mol. The van der Waals surface area contributed by atoms with Crippen molar-refractivity contribution < 1.29 is 9.53 Å². The first-order chi connectivity index (χ1) is 15.5. The van der Waals surface area contributed by atoms with Crippen molar-refractivity contribution in [1.29, 1.82) is 0 Å². The van der Waals surface area contributed by atoms with E-state index < -0.39 is 0 Å². The molecule has 32 heavy (non-hydrogen) atoms. The van der Waals surface area contributed by atoms with Crippen molar-refractivity contribution in [2.24, 2.45) is 0 Å². The number of aromatic nitrogens is 3. The number of hydrogen-bond donors (Lipinski definition) is 2. The summed E-state index contributed by atoms with van der Waals surface area (Å²) in [5.41, 5.74) is 7.61. The number of hydrazine groups is 1. The highest BCUT2D eigenvalue weighted by Crippen LogP contribution is 2.16. The summed E-state index contributed by atoms with van der Waals surface area (Å²) < 4.78 is 7.22. The Balaban J connectivity index is 1.35. The quantitative estimate of drug-likeness (QED) is 0.400. The zero-order valence-corrected chi connectivity index (χ0v) is 18.6. The molecular weight excluding hydrogens is 426 g/mol. The Morgan fingerprint density at radius 2 is 1.91 bits per heavy atom. The second-order valence-electron chi connectivity index (χ2n) is 7.19. The van der Waals surface area contributed by atoms with Crippen molar-refractivity contribution in [3.8, 4) is 5.75 Å². The Hall–Kier alpha value is -3.72. The molecule has 9 heteroatoms. The largest absolute Gasteiger partial charge is 0.486 e. The minimum Gasteiger partial charge on any atom is -0.486 e. The maximum Gasteiger partial charge on any atom is 0.262 e. The number of hydrogen-bond acceptors (Lipinski definition) is 7. The van der Waals surface area contributed by atoms with Gasteiger partial charge in [-0.3, -0.25) is 25.0 Å². The van der Waals surface area contributed by atoms with E-state index >= 15 is 0 Å². The van der Waals surface area contributed by atoms with Crippen LogP contribution in [0.2, 0.25) is 0 Å². The van der Waals surface area contributed by atoms with Gasteiger partial charge in [0.25, 0.3) is 5.56 Å². The number of nitrogens with zero attached hydrogens (tertiary/aromatic N) is 3. The van der Waals surface area contributed by atoms with Crippen molar-refractivity contribution in [1.82, 2.24) is 20.0 Å². The summed E-state index contributed by atoms with van der Waals surface area (Å²) in [6.07, 6.45) is 0.0952. The van der Waals surface area contributed by atoms with Gasteiger partial charge in [-0.1, -0.05) is 29.8 Å². The first-order valence-corrected chi connectivity index (χ1v) is 11.1. The van der Waals surface area contributed by atoms with Crippen molar-refractivity contribution in [2.75, 3.05) is 5.43 Å². The third kappa shape index (κ3) is 4.94. The highest BCUT2D eigenvalue weighted by atomic mass is 32.1. The van der Waals surface area contributed by atoms with Gasteiger partial charge in [0.2, 0.25) is 11.9 Å². The molecule has 0 unspecified atom stereocenters. The SMILES string of the molecule is CCn1c(NNC(=O)Cc2csc(COc3ccc(C)cc3)n2)nc2ccccc2c1=O. The van der Waals surface area contributed by atoms with Gasteiger partial charge in [0.05, 0.1) is 23.0 Å². The predicted octanol–water partition coefficient (Wildman–Crippen LogP) is 3.45. The third-order valence-corrected chi connectivity index (χ3v) is 5.69. The first-order valence-electron chi connectivity index (χ1n) is 10.2. The van der Waals surface area contributed by atoms with Gasteiger partial charge in [-0.25, -0.2) is 9.97 Å². The summed E-state index contributed by atoms with van der Waals surface area (Å²) in [7, 11) is 0. The number of amides is 1. The maximum atomic E-state index is 12.6. The lowest BCUT2D eigenvalue weighted by molar-refractivity contribution is -0.120. The van der Waals surface area contributed by atoms with Gasteiger partial charge in [0, 0.05) is 11.9 Å². The maximum absolute atomic E-state index is 12.6. The molecule has 164 valence electrons. The van der Waals surface area contributed by atoms with E-state index in [1.165, 1.54) is 21.5 Å². The summed E-state index contributed by atoms with van der Waals surface area (Å²) in [6, 6.07) is 14.9. The number of nitrogens with one attached hydrogen (secondary N) is 2. The average Bonchev–Trinajstić information content (AvgIpc) is 3.24. The van der Waals surface area contributed by atoms with E-state index in [1.54, 1.807) is 18.2 Å². The fourth-order valence-electron chi connectivity index (χ4n) is 3.17. The topological polar surface area (TPSA) is 98.1 Å². The van der Waals surface area contributed by atoms with Crippen LogP contribution in [0, 0.1) is 6.92 Å². The Kier molecular flexibility index (Phi) is 6.46. The molecule has 0 aliphatic carbocycles. The van der Waals surface area contributed by atoms with Gasteiger partial charge in [-0.2, -0.15) is 0 Å². The van der Waals surface area contributed by atoms with Crippen molar-refractivity contribution in [2.45, 2.75) is 33.4 Å². The Bertz CT molecular complexity index is 1300. The lowest BCUT2D eigenvalue weighted by Gasteiger charge is -2.13. The lowest BCUT2D eigenvalue weighted by atomic mass is 10.2. The van der Waals surface area contributed by atoms with Crippen LogP contribution in [-0.2, 0) is 24.4 Å². The van der Waals surface area contributed by atoms with E-state index in [4.69, 9.17) is 4.74 Å². The molecule has 4 aromatic rings. The molecule has 0 atom stereocenters. The highest BCUT2D eigenvalue weighted by Gasteiger charge is 2.12. The van der Waals surface area contributed by atoms with Crippen LogP contribution in [0.15, 0.2) is 58.7 Å². The Morgan fingerprint density at radius 3 is 2.69 bits per heavy atom. The molecular formula is C23H23N5O3S. The number of rotatable bonds is 8. The van der Waals surface area contributed by atoms with Gasteiger partial charge in [-0.15, -0.1) is 11.3 Å². The second-order valence-corrected chi connectivity index (χ2v) is 8.13. The van der Waals surface area contributed by atoms with E-state index in [2.05, 4.69) is 20.8 Å². The highest BCUT2D eigenvalue weighted by molar-refractivity contribution is 7.09. The fraction of sp³-hybridized carbons (Fsp3) is 0.217. The van der Waals surface area contributed by atoms with Crippen molar-refractivity contribution in [3.63, 3.8) is 0 Å². The van der Waals surface area contributed by atoms with Crippen LogP contribution in [0.5, 0.6) is 5.75 Å². The first kappa shape index (κ1) is 21.5. The molecule has 2 aromatic heterocycles. The molecule has 0 fully saturated rings. The zero-order chi connectivity index (χ0) is 22.5. The van der Waals surface area contributed by atoms with Crippen LogP contribution >= 0.6 is 11.3 Å². The fourth-order valence-corrected chi connectivity index (χ4v) is 3.87. The number of para-hydroxylation sites is 1. The molecule has 0 spiro atoms. The van der Waals surface area contributed by atoms with E-state index in [-0.39, 0.29) is 23.8 Å². The minimum atomic E-state index is -0.286. The van der Waals surface area contributed by atoms with Crippen LogP contribution in [0.4, 0.5) is 5.95 Å². The molecule has 0 saturated heterocycles. The number of benzene rings is 2. The molecule has 2 heterocycles. The predicted molar refractivity (Wildman–Crippen MR) is 125 cm³/mol. The van der Waals surface area contributed by atoms with Gasteiger partial charge in [0.15, 0.2) is 0 Å². The van der Waals surface area contributed by atoms with Gasteiger partial charge in [-0.05, 0) is 38.1 Å². The van der Waals surface area contributed by atoms with Crippen molar-refractivity contribution in [3.05, 3.63) is 80.5 Å². The van der Waals surface area contributed by atoms with E-state index in [9.17, 15) is 9.59 Å². The smallest absolute Gasteiger partial charge is 0.262 e. The summed E-state index contributed by atoms with van der Waals surface area (Å²) in [6.45, 7) is 4.64. The standard InChI is InChI=1S/C23H23N5O3S/c1-3-28-22(30)18-6-4-5-7-19(18)25-23(28)27-26-20(29)12-16-14-32-21(24-16)13-31-17-10-8-15(2)9-11-17/h4-11,14H,3,12-13H2,1-2H3,(H,25,27)(H,26,29). The molecule has 0 aliphatic rings. The molecule has 8 nitrogen and oxygen atoms in total. The normalized spacial score (nSPS) is 10.8. The molecule has 1 amide bonds. The number of carbonyl (C=O) groups is 1. The summed E-state index contributed by atoms with van der Waals surface area (Å²) >= 11 is 1.44. The van der Waals surface area contributed by atoms with Gasteiger partial charge >= 0.3 is 0 Å².